The van der Waals surface area contributed by atoms with E-state index in [1.54, 1.807) is 19.4 Å². The number of aryl methyl sites for hydroxylation is 2. The summed E-state index contributed by atoms with van der Waals surface area (Å²) in [7, 11) is 0. The van der Waals surface area contributed by atoms with Crippen LogP contribution in [0.5, 0.6) is 0 Å². The summed E-state index contributed by atoms with van der Waals surface area (Å²) in [5.41, 5.74) is 2.86. The Morgan fingerprint density at radius 3 is 2.93 bits per heavy atom. The molecule has 28 heavy (non-hydrogen) atoms. The third-order valence-corrected chi connectivity index (χ3v) is 5.14. The standard InChI is InChI=1S/C21H23N5O2/c1-15-24-21(25-28-15)18-12-22-14-23-20(18)17-8-5-11-26(13-17)19(27)10-9-16-6-3-2-4-7-16/h2-4,6-7,12,14,17H,5,8-11,13H2,1H3/t17-/m1/s1. The van der Waals surface area contributed by atoms with E-state index in [0.717, 1.165) is 37.1 Å². The van der Waals surface area contributed by atoms with E-state index >= 15 is 0 Å². The van der Waals surface area contributed by atoms with Gasteiger partial charge in [-0.3, -0.25) is 4.79 Å². The van der Waals surface area contributed by atoms with Crippen LogP contribution in [0.2, 0.25) is 0 Å². The fourth-order valence-electron chi connectivity index (χ4n) is 3.73. The maximum absolute atomic E-state index is 12.8. The average Bonchev–Trinajstić information content (AvgIpc) is 3.19. The van der Waals surface area contributed by atoms with Crippen molar-refractivity contribution in [2.45, 2.75) is 38.5 Å². The first-order valence-corrected chi connectivity index (χ1v) is 9.63. The third kappa shape index (κ3) is 4.08. The summed E-state index contributed by atoms with van der Waals surface area (Å²) < 4.78 is 5.11. The van der Waals surface area contributed by atoms with Gasteiger partial charge in [0.25, 0.3) is 0 Å². The molecule has 0 spiro atoms. The van der Waals surface area contributed by atoms with E-state index in [1.807, 2.05) is 23.1 Å². The second-order valence-corrected chi connectivity index (χ2v) is 7.12. The van der Waals surface area contributed by atoms with E-state index in [-0.39, 0.29) is 11.8 Å². The number of carbonyl (C=O) groups excluding carboxylic acids is 1. The predicted octanol–water partition coefficient (Wildman–Crippen LogP) is 3.17. The predicted molar refractivity (Wildman–Crippen MR) is 103 cm³/mol. The molecule has 3 aromatic rings. The van der Waals surface area contributed by atoms with Gasteiger partial charge in [-0.05, 0) is 24.8 Å². The number of nitrogens with zero attached hydrogens (tertiary/aromatic N) is 5. The number of amides is 1. The normalized spacial score (nSPS) is 16.9. The van der Waals surface area contributed by atoms with Crippen molar-refractivity contribution in [1.29, 1.82) is 0 Å². The minimum atomic E-state index is 0.145. The van der Waals surface area contributed by atoms with E-state index in [9.17, 15) is 4.79 Å². The molecule has 1 aromatic carbocycles. The Hall–Kier alpha value is -3.09. The van der Waals surface area contributed by atoms with E-state index in [0.29, 0.717) is 24.7 Å². The molecule has 7 nitrogen and oxygen atoms in total. The molecule has 1 aliphatic heterocycles. The van der Waals surface area contributed by atoms with Crippen molar-refractivity contribution in [1.82, 2.24) is 25.0 Å². The summed E-state index contributed by atoms with van der Waals surface area (Å²) in [6, 6.07) is 10.1. The molecular weight excluding hydrogens is 354 g/mol. The highest BCUT2D eigenvalue weighted by molar-refractivity contribution is 5.76. The Bertz CT molecular complexity index is 941. The Morgan fingerprint density at radius 2 is 2.14 bits per heavy atom. The van der Waals surface area contributed by atoms with Gasteiger partial charge in [-0.1, -0.05) is 35.5 Å². The van der Waals surface area contributed by atoms with Crippen molar-refractivity contribution in [3.05, 3.63) is 60.0 Å². The van der Waals surface area contributed by atoms with Gasteiger partial charge in [-0.25, -0.2) is 9.97 Å². The number of carbonyl (C=O) groups is 1. The highest BCUT2D eigenvalue weighted by Gasteiger charge is 2.28. The lowest BCUT2D eigenvalue weighted by atomic mass is 9.91. The van der Waals surface area contributed by atoms with Crippen LogP contribution in [0.4, 0.5) is 0 Å². The molecule has 3 heterocycles. The molecule has 7 heteroatoms. The first-order chi connectivity index (χ1) is 13.7. The van der Waals surface area contributed by atoms with Crippen LogP contribution in [0, 0.1) is 6.92 Å². The van der Waals surface area contributed by atoms with Gasteiger partial charge in [0.05, 0.1) is 11.3 Å². The molecule has 1 fully saturated rings. The molecule has 0 saturated carbocycles. The number of benzene rings is 1. The molecule has 2 aromatic heterocycles. The van der Waals surface area contributed by atoms with Gasteiger partial charge < -0.3 is 9.42 Å². The topological polar surface area (TPSA) is 85.0 Å². The number of piperidine rings is 1. The van der Waals surface area contributed by atoms with Gasteiger partial charge >= 0.3 is 0 Å². The zero-order chi connectivity index (χ0) is 19.3. The van der Waals surface area contributed by atoms with Crippen molar-refractivity contribution >= 4 is 5.91 Å². The quantitative estimate of drug-likeness (QED) is 0.679. The van der Waals surface area contributed by atoms with Crippen LogP contribution in [-0.2, 0) is 11.2 Å². The summed E-state index contributed by atoms with van der Waals surface area (Å²) in [5.74, 6) is 1.34. The first kappa shape index (κ1) is 18.3. The maximum atomic E-state index is 12.8. The van der Waals surface area contributed by atoms with Crippen LogP contribution in [0.1, 0.15) is 42.3 Å². The van der Waals surface area contributed by atoms with Crippen molar-refractivity contribution in [3.8, 4) is 11.4 Å². The Balaban J connectivity index is 1.46. The van der Waals surface area contributed by atoms with Gasteiger partial charge in [0.15, 0.2) is 0 Å². The highest BCUT2D eigenvalue weighted by Crippen LogP contribution is 2.31. The van der Waals surface area contributed by atoms with Gasteiger partial charge in [0, 0.05) is 38.5 Å². The molecule has 1 amide bonds. The molecule has 0 bridgehead atoms. The molecule has 0 unspecified atom stereocenters. The second-order valence-electron chi connectivity index (χ2n) is 7.12. The largest absolute Gasteiger partial charge is 0.342 e. The van der Waals surface area contributed by atoms with E-state index in [2.05, 4.69) is 32.2 Å². The van der Waals surface area contributed by atoms with Crippen LogP contribution >= 0.6 is 0 Å². The van der Waals surface area contributed by atoms with Crippen molar-refractivity contribution in [3.63, 3.8) is 0 Å². The summed E-state index contributed by atoms with van der Waals surface area (Å²) in [6.07, 6.45) is 6.49. The van der Waals surface area contributed by atoms with Crippen molar-refractivity contribution in [2.75, 3.05) is 13.1 Å². The monoisotopic (exact) mass is 377 g/mol. The fourth-order valence-corrected chi connectivity index (χ4v) is 3.73. The minimum Gasteiger partial charge on any atom is -0.342 e. The molecule has 0 radical (unpaired) electrons. The van der Waals surface area contributed by atoms with E-state index in [4.69, 9.17) is 4.52 Å². The number of aromatic nitrogens is 4. The van der Waals surface area contributed by atoms with Crippen LogP contribution in [0.3, 0.4) is 0 Å². The summed E-state index contributed by atoms with van der Waals surface area (Å²) in [5, 5.41) is 4.01. The van der Waals surface area contributed by atoms with Crippen LogP contribution in [0.15, 0.2) is 47.4 Å². The lowest BCUT2D eigenvalue weighted by molar-refractivity contribution is -0.132. The molecular formula is C21H23N5O2. The number of hydrogen-bond acceptors (Lipinski definition) is 6. The molecule has 0 aliphatic carbocycles. The minimum absolute atomic E-state index is 0.145. The van der Waals surface area contributed by atoms with Gasteiger partial charge in [0.2, 0.25) is 17.6 Å². The lowest BCUT2D eigenvalue weighted by Gasteiger charge is -2.33. The van der Waals surface area contributed by atoms with E-state index in [1.165, 1.54) is 5.56 Å². The van der Waals surface area contributed by atoms with Gasteiger partial charge in [0.1, 0.15) is 6.33 Å². The Kier molecular flexibility index (Phi) is 5.41. The molecule has 1 saturated heterocycles. The van der Waals surface area contributed by atoms with Gasteiger partial charge in [-0.2, -0.15) is 4.98 Å². The number of rotatable bonds is 5. The lowest BCUT2D eigenvalue weighted by Crippen LogP contribution is -2.39. The average molecular weight is 377 g/mol. The first-order valence-electron chi connectivity index (χ1n) is 9.63. The fraction of sp³-hybridized carbons (Fsp3) is 0.381. The molecule has 4 rings (SSSR count). The number of hydrogen-bond donors (Lipinski definition) is 0. The van der Waals surface area contributed by atoms with Crippen LogP contribution < -0.4 is 0 Å². The third-order valence-electron chi connectivity index (χ3n) is 5.14. The molecule has 1 atom stereocenters. The summed E-state index contributed by atoms with van der Waals surface area (Å²) in [6.45, 7) is 3.22. The summed E-state index contributed by atoms with van der Waals surface area (Å²) in [4.78, 5) is 27.7. The SMILES string of the molecule is Cc1nc(-c2cncnc2[C@@H]2CCCN(C(=O)CCc3ccccc3)C2)no1. The summed E-state index contributed by atoms with van der Waals surface area (Å²) >= 11 is 0. The Morgan fingerprint density at radius 1 is 1.29 bits per heavy atom. The van der Waals surface area contributed by atoms with E-state index < -0.39 is 0 Å². The van der Waals surface area contributed by atoms with Crippen LogP contribution in [-0.4, -0.2) is 44.0 Å². The van der Waals surface area contributed by atoms with Crippen LogP contribution in [0.25, 0.3) is 11.4 Å². The second kappa shape index (κ2) is 8.29. The van der Waals surface area contributed by atoms with Gasteiger partial charge in [-0.15, -0.1) is 0 Å². The maximum Gasteiger partial charge on any atom is 0.223 e. The van der Waals surface area contributed by atoms with Crippen molar-refractivity contribution < 1.29 is 9.32 Å². The molecule has 0 N–H and O–H groups in total. The number of likely N-dealkylation sites (tertiary alicyclic amines) is 1. The molecule has 1 aliphatic rings. The Labute approximate surface area is 163 Å². The van der Waals surface area contributed by atoms with Crippen molar-refractivity contribution in [2.24, 2.45) is 0 Å². The highest BCUT2D eigenvalue weighted by atomic mass is 16.5. The zero-order valence-electron chi connectivity index (χ0n) is 15.9. The smallest absolute Gasteiger partial charge is 0.223 e. The zero-order valence-corrected chi connectivity index (χ0v) is 15.9. The molecule has 144 valence electrons.